The largest absolute Gasteiger partial charge is 0.497 e. The molecule has 186 valence electrons. The number of nitrogens with zero attached hydrogens (tertiary/aromatic N) is 3. The zero-order chi connectivity index (χ0) is 25.6. The summed E-state index contributed by atoms with van der Waals surface area (Å²) in [5.41, 5.74) is 11.3. The lowest BCUT2D eigenvalue weighted by Gasteiger charge is -2.30. The number of benzene rings is 2. The molecule has 0 amide bonds. The van der Waals surface area contributed by atoms with Gasteiger partial charge >= 0.3 is 0 Å². The van der Waals surface area contributed by atoms with Crippen LogP contribution in [0, 0.1) is 12.3 Å². The maximum atomic E-state index is 13.0. The molecule has 0 unspecified atom stereocenters. The summed E-state index contributed by atoms with van der Waals surface area (Å²) < 4.78 is 19.2. The number of carbonyl (C=O) groups is 1. The van der Waals surface area contributed by atoms with Crippen molar-refractivity contribution in [2.75, 3.05) is 20.0 Å². The quantitative estimate of drug-likeness (QED) is 0.406. The molecular weight excluding hydrogens is 456 g/mol. The maximum Gasteiger partial charge on any atom is 0.165 e. The molecule has 0 saturated heterocycles. The third kappa shape index (κ3) is 4.23. The lowest BCUT2D eigenvalue weighted by atomic mass is 9.75. The SMILES string of the molecule is COc1cc(COc2cc(-n3cc(C)c4c3CC(C)(C)CC4=O)cc3ncnc(N)c23)cc(OC)c1. The molecular formula is C28H30N4O4. The Labute approximate surface area is 210 Å². The topological polar surface area (TPSA) is 101 Å². The van der Waals surface area contributed by atoms with Crippen LogP contribution < -0.4 is 19.9 Å². The fourth-order valence-electron chi connectivity index (χ4n) is 5.04. The number of ketones is 1. The summed E-state index contributed by atoms with van der Waals surface area (Å²) in [4.78, 5) is 21.6. The monoisotopic (exact) mass is 486 g/mol. The molecule has 2 aromatic heterocycles. The number of Topliss-reactive ketones (excluding diaryl/α,β-unsaturated/α-hetero) is 1. The molecule has 1 aliphatic rings. The number of nitrogens with two attached hydrogens (primary N) is 1. The summed E-state index contributed by atoms with van der Waals surface area (Å²) in [5.74, 6) is 2.44. The van der Waals surface area contributed by atoms with Crippen molar-refractivity contribution in [1.82, 2.24) is 14.5 Å². The van der Waals surface area contributed by atoms with Crippen LogP contribution in [-0.4, -0.2) is 34.5 Å². The number of aromatic nitrogens is 3. The summed E-state index contributed by atoms with van der Waals surface area (Å²) in [6, 6.07) is 9.50. The number of anilines is 1. The Morgan fingerprint density at radius 2 is 1.75 bits per heavy atom. The lowest BCUT2D eigenvalue weighted by Crippen LogP contribution is -2.28. The standard InChI is InChI=1S/C28H30N4O4/c1-16-13-32(22-11-28(2,3)12-23(33)25(16)22)18-8-21-26(27(29)31-15-30-21)24(9-18)36-14-17-6-19(34-4)10-20(7-17)35-5/h6-10,13,15H,11-12,14H2,1-5H3,(H2,29,30,31). The van der Waals surface area contributed by atoms with Gasteiger partial charge in [0.2, 0.25) is 0 Å². The summed E-state index contributed by atoms with van der Waals surface area (Å²) >= 11 is 0. The number of rotatable bonds is 6. The predicted octanol–water partition coefficient (Wildman–Crippen LogP) is 5.06. The Morgan fingerprint density at radius 1 is 1.03 bits per heavy atom. The van der Waals surface area contributed by atoms with Crippen LogP contribution in [0.2, 0.25) is 0 Å². The molecule has 0 bridgehead atoms. The average molecular weight is 487 g/mol. The molecule has 0 fully saturated rings. The minimum absolute atomic E-state index is 0.110. The van der Waals surface area contributed by atoms with Crippen LogP contribution in [0.5, 0.6) is 17.2 Å². The molecule has 0 aliphatic heterocycles. The number of fused-ring (bicyclic) bond motifs is 2. The van der Waals surface area contributed by atoms with Gasteiger partial charge in [0.15, 0.2) is 5.78 Å². The van der Waals surface area contributed by atoms with E-state index < -0.39 is 0 Å². The lowest BCUT2D eigenvalue weighted by molar-refractivity contribution is 0.0910. The van der Waals surface area contributed by atoms with Crippen LogP contribution in [0.25, 0.3) is 16.6 Å². The highest BCUT2D eigenvalue weighted by atomic mass is 16.5. The van der Waals surface area contributed by atoms with Crippen molar-refractivity contribution in [3.8, 4) is 22.9 Å². The van der Waals surface area contributed by atoms with Gasteiger partial charge in [0.05, 0.1) is 30.8 Å². The van der Waals surface area contributed by atoms with E-state index in [9.17, 15) is 4.79 Å². The van der Waals surface area contributed by atoms with Gasteiger partial charge in [-0.25, -0.2) is 9.97 Å². The van der Waals surface area contributed by atoms with E-state index in [2.05, 4.69) is 28.4 Å². The molecule has 2 heterocycles. The minimum atomic E-state index is -0.110. The predicted molar refractivity (Wildman–Crippen MR) is 138 cm³/mol. The van der Waals surface area contributed by atoms with Gasteiger partial charge in [-0.3, -0.25) is 4.79 Å². The van der Waals surface area contributed by atoms with E-state index in [1.54, 1.807) is 14.2 Å². The minimum Gasteiger partial charge on any atom is -0.497 e. The van der Waals surface area contributed by atoms with Gasteiger partial charge in [-0.1, -0.05) is 13.8 Å². The van der Waals surface area contributed by atoms with E-state index in [1.807, 2.05) is 43.5 Å². The van der Waals surface area contributed by atoms with E-state index in [1.165, 1.54) is 6.33 Å². The van der Waals surface area contributed by atoms with Crippen molar-refractivity contribution in [3.05, 3.63) is 65.2 Å². The number of ether oxygens (including phenoxy) is 3. The number of nitrogen functional groups attached to an aromatic ring is 1. The van der Waals surface area contributed by atoms with Crippen LogP contribution in [0.3, 0.4) is 0 Å². The van der Waals surface area contributed by atoms with E-state index in [4.69, 9.17) is 19.9 Å². The van der Waals surface area contributed by atoms with Crippen molar-refractivity contribution >= 4 is 22.5 Å². The summed E-state index contributed by atoms with van der Waals surface area (Å²) in [5, 5.41) is 0.644. The van der Waals surface area contributed by atoms with Crippen molar-refractivity contribution in [2.24, 2.45) is 5.41 Å². The van der Waals surface area contributed by atoms with Gasteiger partial charge in [-0.2, -0.15) is 0 Å². The number of hydrogen-bond donors (Lipinski definition) is 1. The van der Waals surface area contributed by atoms with Crippen LogP contribution in [-0.2, 0) is 13.0 Å². The molecule has 8 nitrogen and oxygen atoms in total. The summed E-state index contributed by atoms with van der Waals surface area (Å²) in [7, 11) is 3.22. The molecule has 4 aromatic rings. The number of carbonyl (C=O) groups excluding carboxylic acids is 1. The fraction of sp³-hybridized carbons (Fsp3) is 0.321. The van der Waals surface area contributed by atoms with Crippen molar-refractivity contribution in [3.63, 3.8) is 0 Å². The average Bonchev–Trinajstić information content (AvgIpc) is 3.17. The fourth-order valence-corrected chi connectivity index (χ4v) is 5.04. The first-order valence-electron chi connectivity index (χ1n) is 11.8. The Kier molecular flexibility index (Phi) is 5.82. The summed E-state index contributed by atoms with van der Waals surface area (Å²) in [6.45, 7) is 6.51. The van der Waals surface area contributed by atoms with Gasteiger partial charge in [0.25, 0.3) is 0 Å². The van der Waals surface area contributed by atoms with Crippen LogP contribution in [0.15, 0.2) is 42.9 Å². The van der Waals surface area contributed by atoms with Crippen molar-refractivity contribution < 1.29 is 19.0 Å². The van der Waals surface area contributed by atoms with Crippen molar-refractivity contribution in [2.45, 2.75) is 40.2 Å². The molecule has 8 heteroatoms. The smallest absolute Gasteiger partial charge is 0.165 e. The van der Waals surface area contributed by atoms with Gasteiger partial charge in [0.1, 0.15) is 36.0 Å². The number of methoxy groups -OCH3 is 2. The molecule has 0 radical (unpaired) electrons. The van der Waals surface area contributed by atoms with Crippen LogP contribution >= 0.6 is 0 Å². The molecule has 1 aliphatic carbocycles. The zero-order valence-corrected chi connectivity index (χ0v) is 21.2. The molecule has 2 aromatic carbocycles. The van der Waals surface area contributed by atoms with E-state index in [-0.39, 0.29) is 17.8 Å². The highest BCUT2D eigenvalue weighted by Crippen LogP contribution is 2.40. The molecule has 36 heavy (non-hydrogen) atoms. The Hall–Kier alpha value is -4.07. The first-order chi connectivity index (χ1) is 17.2. The van der Waals surface area contributed by atoms with E-state index in [0.717, 1.165) is 34.5 Å². The van der Waals surface area contributed by atoms with E-state index in [0.29, 0.717) is 40.4 Å². The number of aryl methyl sites for hydroxylation is 1. The highest BCUT2D eigenvalue weighted by Gasteiger charge is 2.35. The Morgan fingerprint density at radius 3 is 2.44 bits per heavy atom. The first-order valence-corrected chi connectivity index (χ1v) is 11.8. The third-order valence-electron chi connectivity index (χ3n) is 6.66. The Bertz CT molecular complexity index is 1470. The third-order valence-corrected chi connectivity index (χ3v) is 6.66. The Balaban J connectivity index is 1.61. The zero-order valence-electron chi connectivity index (χ0n) is 21.2. The maximum absolute atomic E-state index is 13.0. The molecule has 0 spiro atoms. The summed E-state index contributed by atoms with van der Waals surface area (Å²) in [6.07, 6.45) is 4.81. The highest BCUT2D eigenvalue weighted by molar-refractivity contribution is 6.00. The molecule has 0 atom stereocenters. The normalized spacial score (nSPS) is 14.5. The first kappa shape index (κ1) is 23.7. The molecule has 5 rings (SSSR count). The molecule has 2 N–H and O–H groups in total. The second-order valence-electron chi connectivity index (χ2n) is 10.1. The van der Waals surface area contributed by atoms with Crippen molar-refractivity contribution in [1.29, 1.82) is 0 Å². The van der Waals surface area contributed by atoms with Crippen LogP contribution in [0.4, 0.5) is 5.82 Å². The van der Waals surface area contributed by atoms with Gasteiger partial charge in [0, 0.05) is 36.0 Å². The van der Waals surface area contributed by atoms with Gasteiger partial charge in [-0.15, -0.1) is 0 Å². The second kappa shape index (κ2) is 8.86. The van der Waals surface area contributed by atoms with Gasteiger partial charge < -0.3 is 24.5 Å². The van der Waals surface area contributed by atoms with Gasteiger partial charge in [-0.05, 0) is 48.1 Å². The molecule has 0 saturated carbocycles. The van der Waals surface area contributed by atoms with E-state index >= 15 is 0 Å². The van der Waals surface area contributed by atoms with Crippen LogP contribution in [0.1, 0.15) is 47.4 Å². The second-order valence-corrected chi connectivity index (χ2v) is 10.1. The number of hydrogen-bond acceptors (Lipinski definition) is 7.